The zero-order valence-corrected chi connectivity index (χ0v) is 20.8. The largest absolute Gasteiger partial charge is 0.398 e. The first-order chi connectivity index (χ1) is 18.8. The van der Waals surface area contributed by atoms with Gasteiger partial charge in [-0.1, -0.05) is 84.9 Å². The fourth-order valence-electron chi connectivity index (χ4n) is 4.59. The number of nitrogens with two attached hydrogens (primary N) is 1. The van der Waals surface area contributed by atoms with Crippen molar-refractivity contribution in [3.05, 3.63) is 146 Å². The van der Waals surface area contributed by atoms with Gasteiger partial charge in [0.25, 0.3) is 0 Å². The maximum Gasteiger partial charge on any atom is 0.161 e. The van der Waals surface area contributed by atoms with Gasteiger partial charge in [-0.2, -0.15) is 0 Å². The lowest BCUT2D eigenvalue weighted by Gasteiger charge is -2.25. The molecule has 0 bridgehead atoms. The molecule has 4 heteroatoms. The molecule has 6 aromatic rings. The van der Waals surface area contributed by atoms with Crippen molar-refractivity contribution in [2.45, 2.75) is 0 Å². The molecule has 0 saturated carbocycles. The molecule has 2 N–H and O–H groups in total. The van der Waals surface area contributed by atoms with E-state index in [2.05, 4.69) is 107 Å². The number of nitrogen functional groups attached to an aromatic ring is 1. The van der Waals surface area contributed by atoms with E-state index in [4.69, 9.17) is 10.7 Å². The third-order valence-electron chi connectivity index (χ3n) is 6.53. The Morgan fingerprint density at radius 1 is 0.474 bits per heavy atom. The van der Waals surface area contributed by atoms with Gasteiger partial charge in [0.05, 0.1) is 5.69 Å². The molecule has 0 spiro atoms. The standard InChI is InChI=1S/C34H26N4/c35-32-14-8-7-13-31(32)34-36-24-23-33(37-34)27-17-15-25(16-18-27)26-19-21-30(22-20-26)38(28-9-3-1-4-10-28)29-11-5-2-6-12-29/h1-24H,35H2. The summed E-state index contributed by atoms with van der Waals surface area (Å²) in [6.45, 7) is 0. The molecule has 0 aliphatic rings. The van der Waals surface area contributed by atoms with Crippen molar-refractivity contribution in [1.29, 1.82) is 0 Å². The Morgan fingerprint density at radius 3 is 1.58 bits per heavy atom. The fourth-order valence-corrected chi connectivity index (χ4v) is 4.59. The molecule has 0 unspecified atom stereocenters. The van der Waals surface area contributed by atoms with Crippen molar-refractivity contribution >= 4 is 22.7 Å². The van der Waals surface area contributed by atoms with Crippen LogP contribution in [-0.4, -0.2) is 9.97 Å². The number of nitrogens with zero attached hydrogens (tertiary/aromatic N) is 3. The Labute approximate surface area is 222 Å². The number of para-hydroxylation sites is 3. The van der Waals surface area contributed by atoms with Crippen LogP contribution in [0.25, 0.3) is 33.8 Å². The highest BCUT2D eigenvalue weighted by atomic mass is 15.1. The van der Waals surface area contributed by atoms with E-state index in [1.54, 1.807) is 6.20 Å². The van der Waals surface area contributed by atoms with Crippen molar-refractivity contribution < 1.29 is 0 Å². The third kappa shape index (κ3) is 4.75. The maximum absolute atomic E-state index is 6.14. The summed E-state index contributed by atoms with van der Waals surface area (Å²) in [5.41, 5.74) is 15.2. The van der Waals surface area contributed by atoms with Crippen LogP contribution in [0.15, 0.2) is 146 Å². The summed E-state index contributed by atoms with van der Waals surface area (Å²) in [6, 6.07) is 47.6. The van der Waals surface area contributed by atoms with Crippen molar-refractivity contribution in [3.63, 3.8) is 0 Å². The number of hydrogen-bond acceptors (Lipinski definition) is 4. The Kier molecular flexibility index (Phi) is 6.35. The minimum absolute atomic E-state index is 0.627. The minimum Gasteiger partial charge on any atom is -0.398 e. The monoisotopic (exact) mass is 490 g/mol. The Bertz CT molecular complexity index is 1610. The molecule has 0 fully saturated rings. The van der Waals surface area contributed by atoms with Gasteiger partial charge >= 0.3 is 0 Å². The Hall–Kier alpha value is -5.22. The quantitative estimate of drug-likeness (QED) is 0.238. The first-order valence-electron chi connectivity index (χ1n) is 12.6. The van der Waals surface area contributed by atoms with Crippen molar-refractivity contribution in [2.75, 3.05) is 10.6 Å². The van der Waals surface area contributed by atoms with Crippen LogP contribution in [0.4, 0.5) is 22.7 Å². The van der Waals surface area contributed by atoms with Crippen LogP contribution in [0.5, 0.6) is 0 Å². The van der Waals surface area contributed by atoms with E-state index >= 15 is 0 Å². The number of rotatable bonds is 6. The molecule has 6 rings (SSSR count). The van der Waals surface area contributed by atoms with Crippen LogP contribution in [-0.2, 0) is 0 Å². The number of aromatic nitrogens is 2. The molecule has 5 aromatic carbocycles. The number of benzene rings is 5. The highest BCUT2D eigenvalue weighted by molar-refractivity contribution is 5.79. The van der Waals surface area contributed by atoms with E-state index in [1.165, 1.54) is 0 Å². The van der Waals surface area contributed by atoms with Crippen LogP contribution >= 0.6 is 0 Å². The molecule has 182 valence electrons. The van der Waals surface area contributed by atoms with Crippen molar-refractivity contribution in [2.24, 2.45) is 0 Å². The van der Waals surface area contributed by atoms with E-state index in [1.807, 2.05) is 42.5 Å². The van der Waals surface area contributed by atoms with Crippen molar-refractivity contribution in [3.8, 4) is 33.8 Å². The summed E-state index contributed by atoms with van der Waals surface area (Å²) < 4.78 is 0. The van der Waals surface area contributed by atoms with Crippen LogP contribution in [0.1, 0.15) is 0 Å². The molecular weight excluding hydrogens is 464 g/mol. The van der Waals surface area contributed by atoms with Gasteiger partial charge in [-0.05, 0) is 65.7 Å². The Balaban J connectivity index is 1.27. The van der Waals surface area contributed by atoms with Gasteiger partial charge in [0.2, 0.25) is 0 Å². The van der Waals surface area contributed by atoms with Gasteiger partial charge in [0, 0.05) is 40.1 Å². The van der Waals surface area contributed by atoms with Gasteiger partial charge < -0.3 is 10.6 Å². The summed E-state index contributed by atoms with van der Waals surface area (Å²) in [5.74, 6) is 0.627. The van der Waals surface area contributed by atoms with Gasteiger partial charge in [-0.15, -0.1) is 0 Å². The molecule has 0 saturated heterocycles. The lowest BCUT2D eigenvalue weighted by Crippen LogP contribution is -2.09. The zero-order chi connectivity index (χ0) is 25.7. The maximum atomic E-state index is 6.14. The van der Waals surface area contributed by atoms with E-state index in [0.717, 1.165) is 45.0 Å². The van der Waals surface area contributed by atoms with E-state index in [0.29, 0.717) is 11.5 Å². The van der Waals surface area contributed by atoms with Crippen molar-refractivity contribution in [1.82, 2.24) is 9.97 Å². The summed E-state index contributed by atoms with van der Waals surface area (Å²) in [4.78, 5) is 11.5. The third-order valence-corrected chi connectivity index (χ3v) is 6.53. The van der Waals surface area contributed by atoms with E-state index in [-0.39, 0.29) is 0 Å². The summed E-state index contributed by atoms with van der Waals surface area (Å²) >= 11 is 0. The number of hydrogen-bond donors (Lipinski definition) is 1. The minimum atomic E-state index is 0.627. The molecule has 38 heavy (non-hydrogen) atoms. The summed E-state index contributed by atoms with van der Waals surface area (Å²) in [7, 11) is 0. The van der Waals surface area contributed by atoms with E-state index in [9.17, 15) is 0 Å². The summed E-state index contributed by atoms with van der Waals surface area (Å²) in [5, 5.41) is 0. The molecule has 4 nitrogen and oxygen atoms in total. The molecule has 1 aromatic heterocycles. The predicted molar refractivity (Wildman–Crippen MR) is 157 cm³/mol. The highest BCUT2D eigenvalue weighted by Gasteiger charge is 2.12. The summed E-state index contributed by atoms with van der Waals surface area (Å²) in [6.07, 6.45) is 1.78. The second-order valence-electron chi connectivity index (χ2n) is 8.98. The van der Waals surface area contributed by atoms with Gasteiger partial charge in [0.15, 0.2) is 5.82 Å². The smallest absolute Gasteiger partial charge is 0.161 e. The highest BCUT2D eigenvalue weighted by Crippen LogP contribution is 2.35. The normalized spacial score (nSPS) is 10.7. The average molecular weight is 491 g/mol. The van der Waals surface area contributed by atoms with Crippen LogP contribution in [0.3, 0.4) is 0 Å². The molecule has 0 aliphatic heterocycles. The Morgan fingerprint density at radius 2 is 0.974 bits per heavy atom. The molecule has 1 heterocycles. The molecule has 0 radical (unpaired) electrons. The second-order valence-corrected chi connectivity index (χ2v) is 8.98. The lowest BCUT2D eigenvalue weighted by molar-refractivity contribution is 1.18. The second kappa shape index (κ2) is 10.4. The topological polar surface area (TPSA) is 55.0 Å². The fraction of sp³-hybridized carbons (Fsp3) is 0. The molecule has 0 atom stereocenters. The predicted octanol–water partition coefficient (Wildman–Crippen LogP) is 8.53. The van der Waals surface area contributed by atoms with Crippen LogP contribution < -0.4 is 10.6 Å². The molecule has 0 amide bonds. The van der Waals surface area contributed by atoms with Gasteiger partial charge in [0.1, 0.15) is 0 Å². The zero-order valence-electron chi connectivity index (χ0n) is 20.8. The van der Waals surface area contributed by atoms with Crippen LogP contribution in [0, 0.1) is 0 Å². The first kappa shape index (κ1) is 23.2. The molecular formula is C34H26N4. The number of anilines is 4. The van der Waals surface area contributed by atoms with Gasteiger partial charge in [-0.25, -0.2) is 9.97 Å². The van der Waals surface area contributed by atoms with E-state index < -0.39 is 0 Å². The average Bonchev–Trinajstić information content (AvgIpc) is 2.99. The van der Waals surface area contributed by atoms with Crippen LogP contribution in [0.2, 0.25) is 0 Å². The van der Waals surface area contributed by atoms with Gasteiger partial charge in [-0.3, -0.25) is 0 Å². The SMILES string of the molecule is Nc1ccccc1-c1nccc(-c2ccc(-c3ccc(N(c4ccccc4)c4ccccc4)cc3)cc2)n1. The first-order valence-corrected chi connectivity index (χ1v) is 12.6. The lowest BCUT2D eigenvalue weighted by atomic mass is 10.0. The molecule has 0 aliphatic carbocycles.